The fourth-order valence-electron chi connectivity index (χ4n) is 4.70. The third-order valence-electron chi connectivity index (χ3n) is 6.83. The van der Waals surface area contributed by atoms with Gasteiger partial charge in [0.25, 0.3) is 0 Å². The fourth-order valence-corrected chi connectivity index (χ4v) is 5.59. The van der Waals surface area contributed by atoms with E-state index in [1.54, 1.807) is 20.1 Å². The van der Waals surface area contributed by atoms with E-state index in [9.17, 15) is 23.1 Å². The van der Waals surface area contributed by atoms with Gasteiger partial charge < -0.3 is 19.9 Å². The zero-order valence-corrected chi connectivity index (χ0v) is 26.1. The summed E-state index contributed by atoms with van der Waals surface area (Å²) < 4.78 is 48.0. The predicted molar refractivity (Wildman–Crippen MR) is 171 cm³/mol. The van der Waals surface area contributed by atoms with Crippen molar-refractivity contribution in [3.63, 3.8) is 0 Å². The molecule has 1 amide bonds. The zero-order chi connectivity index (χ0) is 33.0. The van der Waals surface area contributed by atoms with Gasteiger partial charge in [-0.3, -0.25) is 9.69 Å². The number of methoxy groups -OCH3 is 1. The number of anilines is 1. The summed E-state index contributed by atoms with van der Waals surface area (Å²) in [5.41, 5.74) is 4.35. The summed E-state index contributed by atoms with van der Waals surface area (Å²) in [6.45, 7) is 5.86. The zero-order valence-electron chi connectivity index (χ0n) is 25.3. The van der Waals surface area contributed by atoms with Crippen molar-refractivity contribution < 1.29 is 32.5 Å². The molecule has 1 unspecified atom stereocenters. The van der Waals surface area contributed by atoms with Crippen LogP contribution in [0.15, 0.2) is 83.7 Å². The molecule has 0 bridgehead atoms. The minimum atomic E-state index is -4.76. The van der Waals surface area contributed by atoms with E-state index in [1.165, 1.54) is 51.9 Å². The largest absolute Gasteiger partial charge is 0.573 e. The van der Waals surface area contributed by atoms with Crippen LogP contribution in [0, 0.1) is 0 Å². The number of aliphatic hydroxyl groups excluding tert-OH is 1. The van der Waals surface area contributed by atoms with Gasteiger partial charge in [-0.2, -0.15) is 0 Å². The fraction of sp³-hybridized carbons (Fsp3) is 0.250. The van der Waals surface area contributed by atoms with Crippen LogP contribution in [0.4, 0.5) is 18.9 Å². The number of thioether (sulfide) groups is 1. The van der Waals surface area contributed by atoms with Crippen molar-refractivity contribution in [2.24, 2.45) is 4.99 Å². The summed E-state index contributed by atoms with van der Waals surface area (Å²) in [5, 5.41) is 18.5. The van der Waals surface area contributed by atoms with Crippen molar-refractivity contribution in [3.8, 4) is 28.6 Å². The van der Waals surface area contributed by atoms with Gasteiger partial charge in [-0.1, -0.05) is 49.9 Å². The van der Waals surface area contributed by atoms with Crippen LogP contribution < -0.4 is 19.7 Å². The summed E-state index contributed by atoms with van der Waals surface area (Å²) >= 11 is 1.26. The van der Waals surface area contributed by atoms with Crippen LogP contribution in [-0.2, 0) is 4.79 Å². The van der Waals surface area contributed by atoms with Gasteiger partial charge in [-0.25, -0.2) is 14.7 Å². The molecule has 3 aromatic carbocycles. The first-order chi connectivity index (χ1) is 21.9. The number of aliphatic hydroxyl groups is 1. The summed E-state index contributed by atoms with van der Waals surface area (Å²) in [6.07, 6.45) is -2.76. The van der Waals surface area contributed by atoms with Gasteiger partial charge in [0.2, 0.25) is 12.3 Å². The highest BCUT2D eigenvalue weighted by atomic mass is 32.2. The Morgan fingerprint density at radius 2 is 1.78 bits per heavy atom. The van der Waals surface area contributed by atoms with E-state index in [-0.39, 0.29) is 23.3 Å². The molecule has 10 nitrogen and oxygen atoms in total. The standard InChI is InChI=1S/C32H31F3N6O4S/c1-19(2)26-16-25(44-4)13-14-27(26)41-28(42)17-46-31(41)38-30(43)37-20(3)15-21-5-7-22(8-6-21)29-36-18-40(39-29)23-9-11-24(12-10-23)45-32(33,34)35/h5-16,18-19,30,37,43H,17H2,1-4H3/b20-15+,38-31-. The minimum Gasteiger partial charge on any atom is -0.497 e. The third-order valence-corrected chi connectivity index (χ3v) is 7.77. The normalized spacial score (nSPS) is 15.5. The summed E-state index contributed by atoms with van der Waals surface area (Å²) in [5.74, 6) is 1.01. The number of carbonyl (C=O) groups is 1. The summed E-state index contributed by atoms with van der Waals surface area (Å²) in [6, 6.07) is 18.2. The number of amidine groups is 1. The van der Waals surface area contributed by atoms with Crippen molar-refractivity contribution in [2.75, 3.05) is 17.8 Å². The number of benzene rings is 3. The molecule has 1 aromatic heterocycles. The number of aromatic nitrogens is 3. The quantitative estimate of drug-likeness (QED) is 0.191. The van der Waals surface area contributed by atoms with Crippen molar-refractivity contribution in [2.45, 2.75) is 39.4 Å². The maximum Gasteiger partial charge on any atom is 0.573 e. The van der Waals surface area contributed by atoms with Gasteiger partial charge in [0.1, 0.15) is 17.8 Å². The summed E-state index contributed by atoms with van der Waals surface area (Å²) in [4.78, 5) is 23.1. The number of carbonyl (C=O) groups excluding carboxylic acids is 1. The number of halogens is 3. The van der Waals surface area contributed by atoms with Gasteiger partial charge in [0.15, 0.2) is 11.0 Å². The number of rotatable bonds is 10. The molecule has 5 rings (SSSR count). The lowest BCUT2D eigenvalue weighted by atomic mass is 10.00. The van der Waals surface area contributed by atoms with E-state index in [0.29, 0.717) is 33.8 Å². The molecule has 14 heteroatoms. The van der Waals surface area contributed by atoms with Crippen molar-refractivity contribution >= 4 is 34.6 Å². The Hall–Kier alpha value is -4.82. The van der Waals surface area contributed by atoms with E-state index < -0.39 is 12.7 Å². The maximum absolute atomic E-state index is 12.8. The van der Waals surface area contributed by atoms with E-state index in [0.717, 1.165) is 16.7 Å². The van der Waals surface area contributed by atoms with Crippen molar-refractivity contribution in [3.05, 3.63) is 89.9 Å². The molecule has 0 saturated carbocycles. The molecule has 2 N–H and O–H groups in total. The molecule has 46 heavy (non-hydrogen) atoms. The first kappa shape index (κ1) is 32.6. The van der Waals surface area contributed by atoms with E-state index in [2.05, 4.69) is 25.1 Å². The Morgan fingerprint density at radius 3 is 2.43 bits per heavy atom. The predicted octanol–water partition coefficient (Wildman–Crippen LogP) is 6.33. The Morgan fingerprint density at radius 1 is 1.09 bits per heavy atom. The highest BCUT2D eigenvalue weighted by Gasteiger charge is 2.33. The number of hydrogen-bond acceptors (Lipinski definition) is 9. The van der Waals surface area contributed by atoms with Crippen LogP contribution >= 0.6 is 11.8 Å². The third kappa shape index (κ3) is 7.87. The first-order valence-electron chi connectivity index (χ1n) is 14.1. The second-order valence-electron chi connectivity index (χ2n) is 10.5. The molecular weight excluding hydrogens is 621 g/mol. The van der Waals surface area contributed by atoms with Crippen LogP contribution in [-0.4, -0.2) is 56.5 Å². The Labute approximate surface area is 267 Å². The Bertz CT molecular complexity index is 1750. The van der Waals surface area contributed by atoms with Crippen molar-refractivity contribution in [1.82, 2.24) is 20.1 Å². The molecular formula is C32H31F3N6O4S. The highest BCUT2D eigenvalue weighted by Crippen LogP contribution is 2.36. The number of hydrogen-bond donors (Lipinski definition) is 2. The summed E-state index contributed by atoms with van der Waals surface area (Å²) in [7, 11) is 1.59. The van der Waals surface area contributed by atoms with Crippen LogP contribution in [0.25, 0.3) is 23.2 Å². The molecule has 1 saturated heterocycles. The Kier molecular flexibility index (Phi) is 9.68. The average molecular weight is 653 g/mol. The SMILES string of the molecule is COc1ccc(N2C(=O)CS/C2=N\C(O)N/C(C)=C/c2ccc(-c3ncn(-c4ccc(OC(F)(F)F)cc4)n3)cc2)c(C(C)C)c1. The second-order valence-corrected chi connectivity index (χ2v) is 11.5. The number of nitrogens with one attached hydrogen (secondary N) is 1. The molecule has 0 aliphatic carbocycles. The molecule has 1 atom stereocenters. The lowest BCUT2D eigenvalue weighted by molar-refractivity contribution is -0.274. The molecule has 2 heterocycles. The maximum atomic E-state index is 12.8. The van der Waals surface area contributed by atoms with Gasteiger partial charge >= 0.3 is 6.36 Å². The van der Waals surface area contributed by atoms with E-state index >= 15 is 0 Å². The van der Waals surface area contributed by atoms with Crippen LogP contribution in [0.3, 0.4) is 0 Å². The number of aliphatic imine (C=N–C) groups is 1. The van der Waals surface area contributed by atoms with Gasteiger partial charge in [0, 0.05) is 11.3 Å². The Balaban J connectivity index is 1.24. The second kappa shape index (κ2) is 13.7. The van der Waals surface area contributed by atoms with Gasteiger partial charge in [-0.15, -0.1) is 18.3 Å². The molecule has 4 aromatic rings. The smallest absolute Gasteiger partial charge is 0.497 e. The molecule has 240 valence electrons. The monoisotopic (exact) mass is 652 g/mol. The number of allylic oxidation sites excluding steroid dienone is 1. The number of ether oxygens (including phenoxy) is 2. The van der Waals surface area contributed by atoms with Gasteiger partial charge in [-0.05, 0) is 72.5 Å². The number of nitrogens with zero attached hydrogens (tertiary/aromatic N) is 5. The topological polar surface area (TPSA) is 114 Å². The molecule has 0 spiro atoms. The molecule has 0 radical (unpaired) electrons. The van der Waals surface area contributed by atoms with Crippen LogP contribution in [0.2, 0.25) is 0 Å². The van der Waals surface area contributed by atoms with E-state index in [4.69, 9.17) is 4.74 Å². The minimum absolute atomic E-state index is 0.122. The lowest BCUT2D eigenvalue weighted by Crippen LogP contribution is -2.33. The lowest BCUT2D eigenvalue weighted by Gasteiger charge is -2.23. The number of amides is 1. The molecule has 1 aliphatic rings. The first-order valence-corrected chi connectivity index (χ1v) is 15.1. The van der Waals surface area contributed by atoms with Crippen molar-refractivity contribution in [1.29, 1.82) is 0 Å². The molecule has 1 aliphatic heterocycles. The van der Waals surface area contributed by atoms with Crippen LogP contribution in [0.5, 0.6) is 11.5 Å². The highest BCUT2D eigenvalue weighted by molar-refractivity contribution is 8.15. The number of alkyl halides is 3. The van der Waals surface area contributed by atoms with Crippen LogP contribution in [0.1, 0.15) is 37.8 Å². The van der Waals surface area contributed by atoms with E-state index in [1.807, 2.05) is 56.3 Å². The average Bonchev–Trinajstić information content (AvgIpc) is 3.63. The molecule has 1 fully saturated rings. The van der Waals surface area contributed by atoms with Gasteiger partial charge in [0.05, 0.1) is 24.2 Å².